The van der Waals surface area contributed by atoms with Gasteiger partial charge in [0, 0.05) is 48.2 Å². The second-order valence-corrected chi connectivity index (χ2v) is 10.7. The van der Waals surface area contributed by atoms with Crippen molar-refractivity contribution in [1.29, 1.82) is 0 Å². The average molecular weight is 458 g/mol. The molecule has 3 aromatic carbocycles. The van der Waals surface area contributed by atoms with Crippen molar-refractivity contribution in [3.8, 4) is 5.75 Å². The molecule has 5 heteroatoms. The van der Waals surface area contributed by atoms with E-state index in [0.717, 1.165) is 67.1 Å². The monoisotopic (exact) mass is 457 g/mol. The summed E-state index contributed by atoms with van der Waals surface area (Å²) >= 11 is 0. The number of amides is 1. The van der Waals surface area contributed by atoms with Gasteiger partial charge in [0.05, 0.1) is 19.3 Å². The molecular formula is C29H35N3O2. The van der Waals surface area contributed by atoms with Gasteiger partial charge in [-0.3, -0.25) is 4.79 Å². The van der Waals surface area contributed by atoms with E-state index in [2.05, 4.69) is 48.8 Å². The van der Waals surface area contributed by atoms with Gasteiger partial charge in [-0.2, -0.15) is 0 Å². The number of carbonyl (C=O) groups is 1. The van der Waals surface area contributed by atoms with Gasteiger partial charge in [-0.1, -0.05) is 45.0 Å². The summed E-state index contributed by atoms with van der Waals surface area (Å²) < 4.78 is 5.28. The summed E-state index contributed by atoms with van der Waals surface area (Å²) in [5.41, 5.74) is 4.47. The Morgan fingerprint density at radius 1 is 0.882 bits per heavy atom. The number of carbonyl (C=O) groups excluding carboxylic acids is 1. The van der Waals surface area contributed by atoms with Crippen molar-refractivity contribution in [3.63, 3.8) is 0 Å². The minimum Gasteiger partial charge on any atom is -0.497 e. The molecule has 0 aromatic heterocycles. The van der Waals surface area contributed by atoms with Gasteiger partial charge in [0.25, 0.3) is 5.91 Å². The van der Waals surface area contributed by atoms with Crippen LogP contribution in [0.2, 0.25) is 0 Å². The van der Waals surface area contributed by atoms with Crippen LogP contribution in [0.3, 0.4) is 0 Å². The molecule has 0 aliphatic carbocycles. The summed E-state index contributed by atoms with van der Waals surface area (Å²) in [6.07, 6.45) is 1.15. The van der Waals surface area contributed by atoms with Crippen molar-refractivity contribution in [2.45, 2.75) is 33.7 Å². The second-order valence-electron chi connectivity index (χ2n) is 10.7. The molecule has 178 valence electrons. The number of hydrogen-bond donors (Lipinski definition) is 0. The van der Waals surface area contributed by atoms with E-state index in [4.69, 9.17) is 4.74 Å². The lowest BCUT2D eigenvalue weighted by Crippen LogP contribution is -2.36. The molecule has 1 saturated heterocycles. The Bertz CT molecular complexity index is 1200. The van der Waals surface area contributed by atoms with Crippen LogP contribution in [0, 0.1) is 5.41 Å². The van der Waals surface area contributed by atoms with Gasteiger partial charge >= 0.3 is 0 Å². The van der Waals surface area contributed by atoms with Gasteiger partial charge in [0.15, 0.2) is 0 Å². The first-order valence-electron chi connectivity index (χ1n) is 12.3. The van der Waals surface area contributed by atoms with Crippen LogP contribution in [0.4, 0.5) is 11.4 Å². The van der Waals surface area contributed by atoms with E-state index >= 15 is 0 Å². The minimum absolute atomic E-state index is 0.0841. The Morgan fingerprint density at radius 3 is 2.38 bits per heavy atom. The Kier molecular flexibility index (Phi) is 5.98. The van der Waals surface area contributed by atoms with E-state index in [1.54, 1.807) is 7.11 Å². The average Bonchev–Trinajstić information content (AvgIpc) is 2.95. The molecule has 0 bridgehead atoms. The fraction of sp³-hybridized carbons (Fsp3) is 0.414. The molecule has 0 radical (unpaired) electrons. The summed E-state index contributed by atoms with van der Waals surface area (Å²) in [7, 11) is 1.67. The first-order valence-corrected chi connectivity index (χ1v) is 12.3. The van der Waals surface area contributed by atoms with E-state index in [9.17, 15) is 4.79 Å². The highest BCUT2D eigenvalue weighted by atomic mass is 16.5. The number of rotatable bonds is 5. The Morgan fingerprint density at radius 2 is 1.65 bits per heavy atom. The quantitative estimate of drug-likeness (QED) is 0.502. The molecule has 0 N–H and O–H groups in total. The van der Waals surface area contributed by atoms with Crippen molar-refractivity contribution in [2.24, 2.45) is 5.41 Å². The van der Waals surface area contributed by atoms with Crippen LogP contribution in [-0.4, -0.2) is 50.6 Å². The predicted molar refractivity (Wildman–Crippen MR) is 140 cm³/mol. The normalized spacial score (nSPS) is 16.9. The number of methoxy groups -OCH3 is 1. The highest BCUT2D eigenvalue weighted by Crippen LogP contribution is 2.42. The lowest BCUT2D eigenvalue weighted by atomic mass is 9.96. The standard InChI is InChI=1S/C29H35N3O2/c1-29(2,3)20-30-15-6-16-31(18-17-30)25-13-14-26-27-23(25)7-5-8-24(27)28(33)32(26)19-21-9-11-22(34-4)12-10-21/h5,7-14H,6,15-20H2,1-4H3. The lowest BCUT2D eigenvalue weighted by Gasteiger charge is -2.29. The summed E-state index contributed by atoms with van der Waals surface area (Å²) in [4.78, 5) is 20.4. The molecule has 34 heavy (non-hydrogen) atoms. The summed E-state index contributed by atoms with van der Waals surface area (Å²) in [5, 5.41) is 2.28. The highest BCUT2D eigenvalue weighted by Gasteiger charge is 2.31. The Balaban J connectivity index is 1.43. The molecule has 2 aliphatic rings. The number of anilines is 2. The minimum atomic E-state index is 0.0841. The van der Waals surface area contributed by atoms with Crippen LogP contribution in [-0.2, 0) is 6.54 Å². The second kappa shape index (κ2) is 8.95. The largest absolute Gasteiger partial charge is 0.497 e. The van der Waals surface area contributed by atoms with Crippen molar-refractivity contribution < 1.29 is 9.53 Å². The molecular weight excluding hydrogens is 422 g/mol. The van der Waals surface area contributed by atoms with Gasteiger partial charge in [-0.25, -0.2) is 0 Å². The van der Waals surface area contributed by atoms with Crippen LogP contribution < -0.4 is 14.5 Å². The number of hydrogen-bond acceptors (Lipinski definition) is 4. The van der Waals surface area contributed by atoms with Crippen LogP contribution in [0.25, 0.3) is 10.8 Å². The number of benzene rings is 3. The summed E-state index contributed by atoms with van der Waals surface area (Å²) in [6, 6.07) is 18.5. The first-order chi connectivity index (χ1) is 16.3. The number of ether oxygens (including phenoxy) is 1. The molecule has 0 spiro atoms. The lowest BCUT2D eigenvalue weighted by molar-refractivity contribution is 0.0991. The Hall–Kier alpha value is -3.05. The molecule has 5 nitrogen and oxygen atoms in total. The fourth-order valence-electron chi connectivity index (χ4n) is 5.42. The highest BCUT2D eigenvalue weighted by molar-refractivity contribution is 6.26. The molecule has 3 aromatic rings. The zero-order chi connectivity index (χ0) is 23.9. The maximum Gasteiger partial charge on any atom is 0.259 e. The predicted octanol–water partition coefficient (Wildman–Crippen LogP) is 5.57. The molecule has 0 saturated carbocycles. The molecule has 0 atom stereocenters. The van der Waals surface area contributed by atoms with Crippen LogP contribution in [0.5, 0.6) is 5.75 Å². The maximum atomic E-state index is 13.4. The third-order valence-corrected chi connectivity index (χ3v) is 6.89. The van der Waals surface area contributed by atoms with Gasteiger partial charge < -0.3 is 19.4 Å². The van der Waals surface area contributed by atoms with Crippen LogP contribution in [0.1, 0.15) is 43.1 Å². The van der Waals surface area contributed by atoms with Gasteiger partial charge in [0.2, 0.25) is 0 Å². The number of nitrogens with zero attached hydrogens (tertiary/aromatic N) is 3. The molecule has 0 unspecified atom stereocenters. The van der Waals surface area contributed by atoms with E-state index in [1.807, 2.05) is 41.3 Å². The molecule has 5 rings (SSSR count). The summed E-state index contributed by atoms with van der Waals surface area (Å²) in [5.74, 6) is 0.908. The van der Waals surface area contributed by atoms with Gasteiger partial charge in [0.1, 0.15) is 5.75 Å². The van der Waals surface area contributed by atoms with Gasteiger partial charge in [-0.15, -0.1) is 0 Å². The van der Waals surface area contributed by atoms with Crippen LogP contribution in [0.15, 0.2) is 54.6 Å². The zero-order valence-electron chi connectivity index (χ0n) is 20.8. The van der Waals surface area contributed by atoms with Crippen molar-refractivity contribution in [2.75, 3.05) is 49.6 Å². The van der Waals surface area contributed by atoms with E-state index in [0.29, 0.717) is 12.0 Å². The SMILES string of the molecule is COc1ccc(CN2C(=O)c3cccc4c(N5CCCN(CC(C)(C)C)CC5)ccc2c34)cc1. The molecule has 1 fully saturated rings. The maximum absolute atomic E-state index is 13.4. The third-order valence-electron chi connectivity index (χ3n) is 6.89. The van der Waals surface area contributed by atoms with E-state index in [1.165, 1.54) is 11.1 Å². The molecule has 2 heterocycles. The Labute approximate surface area is 202 Å². The van der Waals surface area contributed by atoms with Crippen molar-refractivity contribution in [3.05, 3.63) is 65.7 Å². The van der Waals surface area contributed by atoms with Crippen molar-refractivity contribution in [1.82, 2.24) is 4.90 Å². The van der Waals surface area contributed by atoms with E-state index in [-0.39, 0.29) is 5.91 Å². The van der Waals surface area contributed by atoms with E-state index < -0.39 is 0 Å². The third kappa shape index (κ3) is 4.37. The first kappa shape index (κ1) is 22.7. The van der Waals surface area contributed by atoms with Crippen LogP contribution >= 0.6 is 0 Å². The van der Waals surface area contributed by atoms with Gasteiger partial charge in [-0.05, 0) is 54.3 Å². The van der Waals surface area contributed by atoms with Crippen molar-refractivity contribution >= 4 is 28.1 Å². The fourth-order valence-corrected chi connectivity index (χ4v) is 5.42. The zero-order valence-corrected chi connectivity index (χ0v) is 20.8. The topological polar surface area (TPSA) is 36.0 Å². The molecule has 2 aliphatic heterocycles. The smallest absolute Gasteiger partial charge is 0.259 e. The summed E-state index contributed by atoms with van der Waals surface area (Å²) in [6.45, 7) is 12.9. The molecule has 1 amide bonds.